The summed E-state index contributed by atoms with van der Waals surface area (Å²) >= 11 is 1.61. The van der Waals surface area contributed by atoms with Crippen molar-refractivity contribution in [3.05, 3.63) is 60.0 Å². The van der Waals surface area contributed by atoms with Crippen LogP contribution in [0.1, 0.15) is 30.9 Å². The minimum Gasteiger partial charge on any atom is -0.411 e. The average Bonchev–Trinajstić information content (AvgIpc) is 3.45. The van der Waals surface area contributed by atoms with Crippen LogP contribution >= 0.6 is 11.8 Å². The van der Waals surface area contributed by atoms with Crippen LogP contribution in [0.2, 0.25) is 0 Å². The van der Waals surface area contributed by atoms with Crippen molar-refractivity contribution in [2.24, 2.45) is 0 Å². The summed E-state index contributed by atoms with van der Waals surface area (Å²) in [5, 5.41) is 14.1. The summed E-state index contributed by atoms with van der Waals surface area (Å²) in [6.07, 6.45) is 3.14. The Morgan fingerprint density at radius 3 is 2.74 bits per heavy atom. The minimum atomic E-state index is -0.292. The third-order valence-electron chi connectivity index (χ3n) is 5.71. The first kappa shape index (κ1) is 20.2. The molecule has 4 aromatic rings. The van der Waals surface area contributed by atoms with Gasteiger partial charge in [0.15, 0.2) is 5.58 Å². The fraction of sp³-hybridized carbons (Fsp3) is 0.348. The van der Waals surface area contributed by atoms with Gasteiger partial charge < -0.3 is 13.8 Å². The molecule has 8 heteroatoms. The Labute approximate surface area is 183 Å². The van der Waals surface area contributed by atoms with E-state index in [0.29, 0.717) is 22.6 Å². The number of halogens is 1. The summed E-state index contributed by atoms with van der Waals surface area (Å²) in [5.74, 6) is 1.58. The molecule has 1 aliphatic heterocycles. The molecule has 3 heterocycles. The van der Waals surface area contributed by atoms with Gasteiger partial charge in [-0.3, -0.25) is 0 Å². The van der Waals surface area contributed by atoms with Gasteiger partial charge in [0, 0.05) is 28.7 Å². The highest BCUT2D eigenvalue weighted by atomic mass is 32.2. The zero-order valence-corrected chi connectivity index (χ0v) is 17.9. The van der Waals surface area contributed by atoms with E-state index in [0.717, 1.165) is 61.3 Å². The van der Waals surface area contributed by atoms with Crippen molar-refractivity contribution in [2.45, 2.75) is 30.4 Å². The van der Waals surface area contributed by atoms with Crippen molar-refractivity contribution in [2.75, 3.05) is 25.4 Å². The maximum Gasteiger partial charge on any atom is 0.276 e. The quantitative estimate of drug-likeness (QED) is 0.283. The molecule has 2 aromatic heterocycles. The van der Waals surface area contributed by atoms with Crippen molar-refractivity contribution in [1.29, 1.82) is 0 Å². The number of hydrogen-bond acceptors (Lipinski definition) is 7. The van der Waals surface area contributed by atoms with Gasteiger partial charge in [-0.05, 0) is 63.2 Å². The minimum absolute atomic E-state index is 0.292. The van der Waals surface area contributed by atoms with Crippen molar-refractivity contribution in [1.82, 2.24) is 20.3 Å². The average molecular weight is 439 g/mol. The van der Waals surface area contributed by atoms with Crippen LogP contribution in [0.15, 0.2) is 62.7 Å². The highest BCUT2D eigenvalue weighted by Crippen LogP contribution is 2.33. The van der Waals surface area contributed by atoms with Crippen molar-refractivity contribution >= 4 is 22.7 Å². The van der Waals surface area contributed by atoms with Crippen LogP contribution in [0.4, 0.5) is 4.39 Å². The molecule has 0 radical (unpaired) electrons. The normalized spacial score (nSPS) is 15.6. The first-order valence-corrected chi connectivity index (χ1v) is 11.5. The van der Waals surface area contributed by atoms with E-state index in [2.05, 4.69) is 20.3 Å². The van der Waals surface area contributed by atoms with E-state index in [1.54, 1.807) is 17.8 Å². The Hall–Kier alpha value is -2.71. The van der Waals surface area contributed by atoms with E-state index >= 15 is 0 Å². The fourth-order valence-corrected chi connectivity index (χ4v) is 4.75. The Morgan fingerprint density at radius 1 is 1.06 bits per heavy atom. The summed E-state index contributed by atoms with van der Waals surface area (Å²) in [6.45, 7) is 3.11. The second-order valence-corrected chi connectivity index (χ2v) is 8.81. The number of hydrogen-bond donors (Lipinski definition) is 0. The largest absolute Gasteiger partial charge is 0.411 e. The zero-order chi connectivity index (χ0) is 21.0. The molecule has 31 heavy (non-hydrogen) atoms. The lowest BCUT2D eigenvalue weighted by atomic mass is 9.91. The molecule has 0 aliphatic carbocycles. The zero-order valence-electron chi connectivity index (χ0n) is 17.0. The standard InChI is InChI=1S/C23H23FN4O2S/c24-18-7-8-19-20(15-18)30-27-21(19)16-9-12-28(13-10-16)11-4-14-31-23-26-25-22(29-23)17-5-2-1-3-6-17/h1-3,5-8,15-16H,4,9-14H2. The molecule has 0 unspecified atom stereocenters. The summed E-state index contributed by atoms with van der Waals surface area (Å²) < 4.78 is 24.4. The van der Waals surface area contributed by atoms with Crippen LogP contribution in [0.25, 0.3) is 22.4 Å². The first-order chi connectivity index (χ1) is 15.3. The van der Waals surface area contributed by atoms with Crippen LogP contribution in [-0.2, 0) is 0 Å². The lowest BCUT2D eigenvalue weighted by Crippen LogP contribution is -2.34. The van der Waals surface area contributed by atoms with E-state index in [-0.39, 0.29) is 5.82 Å². The molecule has 0 bridgehead atoms. The Bertz CT molecular complexity index is 1140. The molecule has 0 spiro atoms. The van der Waals surface area contributed by atoms with Crippen molar-refractivity contribution < 1.29 is 13.3 Å². The van der Waals surface area contributed by atoms with E-state index < -0.39 is 0 Å². The topological polar surface area (TPSA) is 68.2 Å². The van der Waals surface area contributed by atoms with Gasteiger partial charge >= 0.3 is 0 Å². The van der Waals surface area contributed by atoms with E-state index in [1.807, 2.05) is 30.3 Å². The molecule has 0 N–H and O–H groups in total. The Balaban J connectivity index is 1.07. The number of piperidine rings is 1. The van der Waals surface area contributed by atoms with Gasteiger partial charge in [0.1, 0.15) is 5.82 Å². The number of nitrogens with zero attached hydrogens (tertiary/aromatic N) is 4. The molecule has 1 aliphatic rings. The Kier molecular flexibility index (Phi) is 5.99. The highest BCUT2D eigenvalue weighted by Gasteiger charge is 2.25. The third-order valence-corrected chi connectivity index (χ3v) is 6.61. The molecular formula is C23H23FN4O2S. The lowest BCUT2D eigenvalue weighted by molar-refractivity contribution is 0.210. The van der Waals surface area contributed by atoms with Crippen LogP contribution < -0.4 is 0 Å². The SMILES string of the molecule is Fc1ccc2c(C3CCN(CCCSc4nnc(-c5ccccc5)o4)CC3)noc2c1. The third kappa shape index (κ3) is 4.65. The predicted octanol–water partition coefficient (Wildman–Crippen LogP) is 5.38. The van der Waals surface area contributed by atoms with Gasteiger partial charge in [0.05, 0.1) is 5.69 Å². The maximum atomic E-state index is 13.4. The van der Waals surface area contributed by atoms with Gasteiger partial charge in [-0.2, -0.15) is 0 Å². The molecule has 0 saturated carbocycles. The van der Waals surface area contributed by atoms with Gasteiger partial charge in [-0.15, -0.1) is 10.2 Å². The molecule has 5 rings (SSSR count). The fourth-order valence-electron chi connectivity index (χ4n) is 4.07. The van der Waals surface area contributed by atoms with E-state index in [1.165, 1.54) is 12.1 Å². The molecule has 0 atom stereocenters. The van der Waals surface area contributed by atoms with Crippen LogP contribution in [0.5, 0.6) is 0 Å². The van der Waals surface area contributed by atoms with Gasteiger partial charge in [-0.1, -0.05) is 35.1 Å². The number of likely N-dealkylation sites (tertiary alicyclic amines) is 1. The molecular weight excluding hydrogens is 415 g/mol. The molecule has 2 aromatic carbocycles. The number of benzene rings is 2. The first-order valence-electron chi connectivity index (χ1n) is 10.6. The molecule has 160 valence electrons. The van der Waals surface area contributed by atoms with Crippen LogP contribution in [-0.4, -0.2) is 45.6 Å². The second-order valence-electron chi connectivity index (χ2n) is 7.77. The number of aromatic nitrogens is 3. The predicted molar refractivity (Wildman–Crippen MR) is 117 cm³/mol. The Morgan fingerprint density at radius 2 is 1.90 bits per heavy atom. The molecule has 1 saturated heterocycles. The second kappa shape index (κ2) is 9.20. The maximum absolute atomic E-state index is 13.4. The van der Waals surface area contributed by atoms with Crippen LogP contribution in [0.3, 0.4) is 0 Å². The van der Waals surface area contributed by atoms with E-state index in [9.17, 15) is 4.39 Å². The summed E-state index contributed by atoms with van der Waals surface area (Å²) in [7, 11) is 0. The van der Waals surface area contributed by atoms with Crippen molar-refractivity contribution in [3.63, 3.8) is 0 Å². The molecule has 1 fully saturated rings. The van der Waals surface area contributed by atoms with E-state index in [4.69, 9.17) is 8.94 Å². The molecule has 6 nitrogen and oxygen atoms in total. The summed E-state index contributed by atoms with van der Waals surface area (Å²) in [5.41, 5.74) is 2.44. The van der Waals surface area contributed by atoms with Crippen LogP contribution in [0, 0.1) is 5.82 Å². The van der Waals surface area contributed by atoms with Gasteiger partial charge in [0.2, 0.25) is 5.89 Å². The lowest BCUT2D eigenvalue weighted by Gasteiger charge is -2.31. The molecule has 0 amide bonds. The number of thioether (sulfide) groups is 1. The smallest absolute Gasteiger partial charge is 0.276 e. The highest BCUT2D eigenvalue weighted by molar-refractivity contribution is 7.99. The van der Waals surface area contributed by atoms with Crippen molar-refractivity contribution in [3.8, 4) is 11.5 Å². The van der Waals surface area contributed by atoms with Gasteiger partial charge in [-0.25, -0.2) is 4.39 Å². The van der Waals surface area contributed by atoms with Gasteiger partial charge in [0.25, 0.3) is 5.22 Å². The number of fused-ring (bicyclic) bond motifs is 1. The monoisotopic (exact) mass is 438 g/mol. The summed E-state index contributed by atoms with van der Waals surface area (Å²) in [6, 6.07) is 14.5. The number of rotatable bonds is 7. The summed E-state index contributed by atoms with van der Waals surface area (Å²) in [4.78, 5) is 2.49.